The summed E-state index contributed by atoms with van der Waals surface area (Å²) in [4.78, 5) is 0. The number of nitrogens with one attached hydrogen (secondary N) is 1. The molecular formula is C11H13BrN4. The van der Waals surface area contributed by atoms with Crippen LogP contribution >= 0.6 is 15.9 Å². The predicted molar refractivity (Wildman–Crippen MR) is 68.4 cm³/mol. The molecule has 0 spiro atoms. The van der Waals surface area contributed by atoms with Gasteiger partial charge < -0.3 is 5.32 Å². The van der Waals surface area contributed by atoms with Gasteiger partial charge in [0.05, 0.1) is 0 Å². The molecule has 0 aliphatic heterocycles. The quantitative estimate of drug-likeness (QED) is 0.920. The Kier molecular flexibility index (Phi) is 2.96. The van der Waals surface area contributed by atoms with Gasteiger partial charge >= 0.3 is 0 Å². The van der Waals surface area contributed by atoms with Crippen molar-refractivity contribution in [3.8, 4) is 11.4 Å². The van der Waals surface area contributed by atoms with E-state index in [9.17, 15) is 0 Å². The van der Waals surface area contributed by atoms with E-state index in [4.69, 9.17) is 0 Å². The normalized spacial score (nSPS) is 10.5. The summed E-state index contributed by atoms with van der Waals surface area (Å²) in [5.41, 5.74) is 2.27. The molecule has 0 bridgehead atoms. The van der Waals surface area contributed by atoms with E-state index in [-0.39, 0.29) is 0 Å². The molecule has 0 fully saturated rings. The molecule has 0 saturated carbocycles. The van der Waals surface area contributed by atoms with Crippen LogP contribution in [-0.4, -0.2) is 21.8 Å². The first-order valence-electron chi connectivity index (χ1n) is 4.97. The summed E-state index contributed by atoms with van der Waals surface area (Å²) in [6.45, 7) is 2.06. The maximum Gasteiger partial charge on any atom is 0.224 e. The zero-order chi connectivity index (χ0) is 11.7. The van der Waals surface area contributed by atoms with Gasteiger partial charge in [-0.15, -0.1) is 10.2 Å². The molecular weight excluding hydrogens is 268 g/mol. The minimum Gasteiger partial charge on any atom is -0.357 e. The highest BCUT2D eigenvalue weighted by Crippen LogP contribution is 2.26. The molecule has 1 heterocycles. The monoisotopic (exact) mass is 280 g/mol. The lowest BCUT2D eigenvalue weighted by molar-refractivity contribution is 0.923. The van der Waals surface area contributed by atoms with Gasteiger partial charge in [-0.3, -0.25) is 4.57 Å². The third-order valence-corrected chi connectivity index (χ3v) is 3.03. The Morgan fingerprint density at radius 2 is 2.06 bits per heavy atom. The minimum absolute atomic E-state index is 0.759. The summed E-state index contributed by atoms with van der Waals surface area (Å²) >= 11 is 3.47. The van der Waals surface area contributed by atoms with Crippen LogP contribution in [-0.2, 0) is 7.05 Å². The standard InChI is InChI=1S/C11H13BrN4/c1-7-4-5-8(12)6-9(7)10-14-15-11(13-2)16(10)3/h4-6H,1-3H3,(H,13,15). The molecule has 5 heteroatoms. The molecule has 16 heavy (non-hydrogen) atoms. The topological polar surface area (TPSA) is 42.7 Å². The number of aryl methyl sites for hydroxylation is 1. The van der Waals surface area contributed by atoms with Crippen molar-refractivity contribution in [2.45, 2.75) is 6.92 Å². The van der Waals surface area contributed by atoms with Crippen LogP contribution in [0.1, 0.15) is 5.56 Å². The van der Waals surface area contributed by atoms with Gasteiger partial charge in [0.2, 0.25) is 5.95 Å². The van der Waals surface area contributed by atoms with Gasteiger partial charge in [-0.1, -0.05) is 22.0 Å². The molecule has 2 rings (SSSR count). The van der Waals surface area contributed by atoms with Crippen LogP contribution in [0.5, 0.6) is 0 Å². The maximum atomic E-state index is 4.19. The molecule has 4 nitrogen and oxygen atoms in total. The lowest BCUT2D eigenvalue weighted by Crippen LogP contribution is -2.00. The Labute approximate surface area is 103 Å². The number of nitrogens with zero attached hydrogens (tertiary/aromatic N) is 3. The number of halogens is 1. The van der Waals surface area contributed by atoms with E-state index in [0.29, 0.717) is 0 Å². The van der Waals surface area contributed by atoms with Crippen molar-refractivity contribution in [1.82, 2.24) is 14.8 Å². The van der Waals surface area contributed by atoms with E-state index < -0.39 is 0 Å². The van der Waals surface area contributed by atoms with Crippen molar-refractivity contribution in [2.75, 3.05) is 12.4 Å². The molecule has 0 amide bonds. The van der Waals surface area contributed by atoms with E-state index >= 15 is 0 Å². The first-order chi connectivity index (χ1) is 7.63. The van der Waals surface area contributed by atoms with Gasteiger partial charge in [0, 0.05) is 24.1 Å². The molecule has 0 aliphatic carbocycles. The van der Waals surface area contributed by atoms with Crippen LogP contribution in [0, 0.1) is 6.92 Å². The number of benzene rings is 1. The fourth-order valence-electron chi connectivity index (χ4n) is 1.62. The highest BCUT2D eigenvalue weighted by atomic mass is 79.9. The van der Waals surface area contributed by atoms with Crippen LogP contribution in [0.3, 0.4) is 0 Å². The second-order valence-corrected chi connectivity index (χ2v) is 4.53. The van der Waals surface area contributed by atoms with Gasteiger partial charge in [0.25, 0.3) is 0 Å². The molecule has 1 N–H and O–H groups in total. The number of hydrogen-bond donors (Lipinski definition) is 1. The average molecular weight is 281 g/mol. The Morgan fingerprint density at radius 3 is 2.69 bits per heavy atom. The number of rotatable bonds is 2. The fraction of sp³-hybridized carbons (Fsp3) is 0.273. The van der Waals surface area contributed by atoms with Gasteiger partial charge in [-0.05, 0) is 24.6 Å². The SMILES string of the molecule is CNc1nnc(-c2cc(Br)ccc2C)n1C. The number of hydrogen-bond acceptors (Lipinski definition) is 3. The van der Waals surface area contributed by atoms with Crippen molar-refractivity contribution >= 4 is 21.9 Å². The molecule has 0 aliphatic rings. The summed E-state index contributed by atoms with van der Waals surface area (Å²) in [5, 5.41) is 11.3. The summed E-state index contributed by atoms with van der Waals surface area (Å²) in [6, 6.07) is 6.14. The summed E-state index contributed by atoms with van der Waals surface area (Å²) in [6.07, 6.45) is 0. The average Bonchev–Trinajstić information content (AvgIpc) is 2.63. The van der Waals surface area contributed by atoms with E-state index in [1.807, 2.05) is 24.7 Å². The highest BCUT2D eigenvalue weighted by Gasteiger charge is 2.11. The smallest absolute Gasteiger partial charge is 0.224 e. The maximum absolute atomic E-state index is 4.19. The molecule has 2 aromatic rings. The lowest BCUT2D eigenvalue weighted by Gasteiger charge is -2.06. The molecule has 0 radical (unpaired) electrons. The third kappa shape index (κ3) is 1.82. The van der Waals surface area contributed by atoms with E-state index in [1.54, 1.807) is 0 Å². The molecule has 1 aromatic heterocycles. The molecule has 0 atom stereocenters. The minimum atomic E-state index is 0.759. The fourth-order valence-corrected chi connectivity index (χ4v) is 1.98. The highest BCUT2D eigenvalue weighted by molar-refractivity contribution is 9.10. The second kappa shape index (κ2) is 4.25. The second-order valence-electron chi connectivity index (χ2n) is 3.62. The van der Waals surface area contributed by atoms with Crippen LogP contribution in [0.2, 0.25) is 0 Å². The number of anilines is 1. The van der Waals surface area contributed by atoms with Gasteiger partial charge in [-0.2, -0.15) is 0 Å². The Hall–Kier alpha value is -1.36. The van der Waals surface area contributed by atoms with Crippen LogP contribution < -0.4 is 5.32 Å². The van der Waals surface area contributed by atoms with E-state index in [2.05, 4.69) is 50.5 Å². The van der Waals surface area contributed by atoms with Gasteiger partial charge in [0.1, 0.15) is 0 Å². The van der Waals surface area contributed by atoms with Crippen LogP contribution in [0.25, 0.3) is 11.4 Å². The molecule has 1 aromatic carbocycles. The third-order valence-electron chi connectivity index (χ3n) is 2.54. The lowest BCUT2D eigenvalue weighted by atomic mass is 10.1. The zero-order valence-electron chi connectivity index (χ0n) is 9.45. The first-order valence-corrected chi connectivity index (χ1v) is 5.76. The van der Waals surface area contributed by atoms with E-state index in [1.165, 1.54) is 5.56 Å². The Bertz CT molecular complexity index is 519. The Morgan fingerprint density at radius 1 is 1.31 bits per heavy atom. The van der Waals surface area contributed by atoms with Crippen molar-refractivity contribution in [2.24, 2.45) is 7.05 Å². The van der Waals surface area contributed by atoms with Gasteiger partial charge in [-0.25, -0.2) is 0 Å². The summed E-state index contributed by atoms with van der Waals surface area (Å²) < 4.78 is 2.98. The van der Waals surface area contributed by atoms with Crippen molar-refractivity contribution in [3.63, 3.8) is 0 Å². The molecule has 0 unspecified atom stereocenters. The molecule has 0 saturated heterocycles. The van der Waals surface area contributed by atoms with Crippen LogP contribution in [0.15, 0.2) is 22.7 Å². The molecule has 84 valence electrons. The largest absolute Gasteiger partial charge is 0.357 e. The van der Waals surface area contributed by atoms with Crippen LogP contribution in [0.4, 0.5) is 5.95 Å². The van der Waals surface area contributed by atoms with Crippen molar-refractivity contribution in [3.05, 3.63) is 28.2 Å². The Balaban J connectivity index is 2.58. The van der Waals surface area contributed by atoms with E-state index in [0.717, 1.165) is 21.8 Å². The summed E-state index contributed by atoms with van der Waals surface area (Å²) in [7, 11) is 3.78. The number of aromatic nitrogens is 3. The summed E-state index contributed by atoms with van der Waals surface area (Å²) in [5.74, 6) is 1.62. The first kappa shape index (κ1) is 11.1. The van der Waals surface area contributed by atoms with Crippen molar-refractivity contribution in [1.29, 1.82) is 0 Å². The predicted octanol–water partition coefficient (Wildman–Crippen LogP) is 2.59. The van der Waals surface area contributed by atoms with Gasteiger partial charge in [0.15, 0.2) is 5.82 Å². The van der Waals surface area contributed by atoms with Crippen molar-refractivity contribution < 1.29 is 0 Å². The zero-order valence-corrected chi connectivity index (χ0v) is 11.0.